The van der Waals surface area contributed by atoms with Crippen LogP contribution in [0.3, 0.4) is 0 Å². The van der Waals surface area contributed by atoms with Gasteiger partial charge in [-0.3, -0.25) is 9.10 Å². The third-order valence-corrected chi connectivity index (χ3v) is 7.93. The van der Waals surface area contributed by atoms with Crippen LogP contribution in [0.2, 0.25) is 5.02 Å². The maximum absolute atomic E-state index is 13.3. The molecule has 6 nitrogen and oxygen atoms in total. The van der Waals surface area contributed by atoms with Crippen molar-refractivity contribution < 1.29 is 17.9 Å². The number of methoxy groups -OCH3 is 1. The number of amides is 1. The predicted molar refractivity (Wildman–Crippen MR) is 135 cm³/mol. The number of anilines is 1. The summed E-state index contributed by atoms with van der Waals surface area (Å²) in [5.41, 5.74) is 1.45. The zero-order valence-corrected chi connectivity index (χ0v) is 20.5. The topological polar surface area (TPSA) is 75.7 Å². The van der Waals surface area contributed by atoms with E-state index in [0.29, 0.717) is 23.7 Å². The third-order valence-electron chi connectivity index (χ3n) is 4.76. The van der Waals surface area contributed by atoms with Crippen LogP contribution < -0.4 is 14.4 Å². The zero-order valence-electron chi connectivity index (χ0n) is 18.1. The van der Waals surface area contributed by atoms with Gasteiger partial charge < -0.3 is 10.1 Å². The molecule has 33 heavy (non-hydrogen) atoms. The largest absolute Gasteiger partial charge is 0.497 e. The number of carbonyl (C=O) groups is 1. The molecule has 0 bridgehead atoms. The highest BCUT2D eigenvalue weighted by Gasteiger charge is 2.27. The molecule has 3 aromatic rings. The molecule has 0 aliphatic rings. The number of benzene rings is 3. The molecule has 1 N–H and O–H groups in total. The van der Waals surface area contributed by atoms with Crippen LogP contribution in [-0.2, 0) is 20.6 Å². The van der Waals surface area contributed by atoms with Crippen molar-refractivity contribution >= 4 is 45.0 Å². The first-order chi connectivity index (χ1) is 15.9. The molecule has 3 rings (SSSR count). The lowest BCUT2D eigenvalue weighted by molar-refractivity contribution is -0.119. The van der Waals surface area contributed by atoms with E-state index in [4.69, 9.17) is 16.3 Å². The van der Waals surface area contributed by atoms with E-state index >= 15 is 0 Å². The van der Waals surface area contributed by atoms with Crippen molar-refractivity contribution in [1.82, 2.24) is 5.32 Å². The van der Waals surface area contributed by atoms with Gasteiger partial charge in [-0.15, -0.1) is 0 Å². The Labute approximate surface area is 204 Å². The molecule has 0 heterocycles. The highest BCUT2D eigenvalue weighted by atomic mass is 35.5. The second-order valence-electron chi connectivity index (χ2n) is 7.02. The summed E-state index contributed by atoms with van der Waals surface area (Å²) in [4.78, 5) is 12.7. The maximum atomic E-state index is 13.3. The Morgan fingerprint density at radius 1 is 1.00 bits per heavy atom. The van der Waals surface area contributed by atoms with Crippen LogP contribution >= 0.6 is 23.4 Å². The molecule has 0 unspecified atom stereocenters. The summed E-state index contributed by atoms with van der Waals surface area (Å²) in [7, 11) is -2.44. The van der Waals surface area contributed by atoms with Crippen molar-refractivity contribution in [2.45, 2.75) is 10.6 Å². The Kier molecular flexibility index (Phi) is 9.05. The first kappa shape index (κ1) is 25.0. The Morgan fingerprint density at radius 3 is 2.33 bits per heavy atom. The normalized spacial score (nSPS) is 11.1. The number of sulfonamides is 1. The van der Waals surface area contributed by atoms with Crippen molar-refractivity contribution in [3.63, 3.8) is 0 Å². The van der Waals surface area contributed by atoms with Gasteiger partial charge in [0.15, 0.2) is 0 Å². The van der Waals surface area contributed by atoms with Crippen molar-refractivity contribution in [2.75, 3.05) is 30.3 Å². The molecule has 0 atom stereocenters. The molecule has 1 amide bonds. The van der Waals surface area contributed by atoms with Crippen LogP contribution in [0.5, 0.6) is 5.75 Å². The van der Waals surface area contributed by atoms with E-state index in [1.165, 1.54) is 19.2 Å². The number of ether oxygens (including phenoxy) is 1. The van der Waals surface area contributed by atoms with Crippen LogP contribution in [0.15, 0.2) is 83.8 Å². The molecule has 0 aliphatic heterocycles. The zero-order chi connectivity index (χ0) is 23.7. The van der Waals surface area contributed by atoms with Gasteiger partial charge in [-0.1, -0.05) is 48.0 Å². The van der Waals surface area contributed by atoms with Crippen LogP contribution in [0.4, 0.5) is 5.69 Å². The number of halogens is 1. The van der Waals surface area contributed by atoms with Crippen molar-refractivity contribution in [2.24, 2.45) is 0 Å². The molecule has 0 radical (unpaired) electrons. The quantitative estimate of drug-likeness (QED) is 0.386. The van der Waals surface area contributed by atoms with Gasteiger partial charge in [0.2, 0.25) is 5.91 Å². The highest BCUT2D eigenvalue weighted by Crippen LogP contribution is 2.25. The lowest BCUT2D eigenvalue weighted by Gasteiger charge is -2.24. The summed E-state index contributed by atoms with van der Waals surface area (Å²) in [6.45, 7) is 0.0900. The molecule has 9 heteroatoms. The van der Waals surface area contributed by atoms with E-state index in [1.807, 2.05) is 24.3 Å². The summed E-state index contributed by atoms with van der Waals surface area (Å²) in [6.07, 6.45) is 0. The molecule has 0 aromatic heterocycles. The van der Waals surface area contributed by atoms with Crippen LogP contribution in [0, 0.1) is 0 Å². The van der Waals surface area contributed by atoms with Gasteiger partial charge in [-0.2, -0.15) is 11.8 Å². The van der Waals surface area contributed by atoms with E-state index in [0.717, 1.165) is 20.6 Å². The van der Waals surface area contributed by atoms with Gasteiger partial charge in [-0.25, -0.2) is 8.42 Å². The molecule has 0 saturated carbocycles. The summed E-state index contributed by atoms with van der Waals surface area (Å²) in [5.74, 6) is 1.58. The van der Waals surface area contributed by atoms with Crippen LogP contribution in [-0.4, -0.2) is 40.3 Å². The van der Waals surface area contributed by atoms with E-state index in [9.17, 15) is 13.2 Å². The fourth-order valence-electron chi connectivity index (χ4n) is 3.03. The Bertz CT molecular complexity index is 1160. The fourth-order valence-corrected chi connectivity index (χ4v) is 5.60. The van der Waals surface area contributed by atoms with Crippen molar-refractivity contribution in [3.8, 4) is 5.75 Å². The smallest absolute Gasteiger partial charge is 0.264 e. The number of hydrogen-bond acceptors (Lipinski definition) is 5. The van der Waals surface area contributed by atoms with Gasteiger partial charge in [-0.05, 0) is 48.0 Å². The molecule has 174 valence electrons. The monoisotopic (exact) mass is 504 g/mol. The van der Waals surface area contributed by atoms with Gasteiger partial charge in [0, 0.05) is 23.1 Å². The van der Waals surface area contributed by atoms with Gasteiger partial charge in [0.05, 0.1) is 17.7 Å². The summed E-state index contributed by atoms with van der Waals surface area (Å²) < 4.78 is 32.9. The lowest BCUT2D eigenvalue weighted by Crippen LogP contribution is -2.41. The second kappa shape index (κ2) is 12.0. The van der Waals surface area contributed by atoms with Crippen molar-refractivity contribution in [1.29, 1.82) is 0 Å². The molecular formula is C24H25ClN2O4S2. The van der Waals surface area contributed by atoms with Crippen LogP contribution in [0.25, 0.3) is 0 Å². The minimum atomic E-state index is -3.95. The van der Waals surface area contributed by atoms with Gasteiger partial charge >= 0.3 is 0 Å². The molecule has 0 fully saturated rings. The number of para-hydroxylation sites is 1. The first-order valence-electron chi connectivity index (χ1n) is 10.2. The average Bonchev–Trinajstić information content (AvgIpc) is 2.84. The van der Waals surface area contributed by atoms with E-state index in [1.54, 1.807) is 54.2 Å². The first-order valence-corrected chi connectivity index (χ1v) is 13.2. The number of thioether (sulfide) groups is 1. The molecule has 0 aliphatic carbocycles. The minimum absolute atomic E-state index is 0.0789. The van der Waals surface area contributed by atoms with Crippen LogP contribution in [0.1, 0.15) is 5.56 Å². The second-order valence-corrected chi connectivity index (χ2v) is 10.4. The fraction of sp³-hybridized carbons (Fsp3) is 0.208. The highest BCUT2D eigenvalue weighted by molar-refractivity contribution is 7.98. The Hall–Kier alpha value is -2.68. The third kappa shape index (κ3) is 6.90. The molecule has 0 saturated heterocycles. The molecule has 3 aromatic carbocycles. The predicted octanol–water partition coefficient (Wildman–Crippen LogP) is 4.59. The van der Waals surface area contributed by atoms with Gasteiger partial charge in [0.1, 0.15) is 12.3 Å². The number of hydrogen-bond donors (Lipinski definition) is 1. The molecule has 0 spiro atoms. The summed E-state index contributed by atoms with van der Waals surface area (Å²) >= 11 is 7.80. The maximum Gasteiger partial charge on any atom is 0.264 e. The van der Waals surface area contributed by atoms with E-state index in [2.05, 4.69) is 5.32 Å². The number of nitrogens with one attached hydrogen (secondary N) is 1. The van der Waals surface area contributed by atoms with E-state index < -0.39 is 10.0 Å². The molecular weight excluding hydrogens is 480 g/mol. The summed E-state index contributed by atoms with van der Waals surface area (Å²) in [6, 6.07) is 22.3. The number of carbonyl (C=O) groups excluding carboxylic acids is 1. The minimum Gasteiger partial charge on any atom is -0.497 e. The van der Waals surface area contributed by atoms with Crippen molar-refractivity contribution in [3.05, 3.63) is 89.4 Å². The number of nitrogens with zero attached hydrogens (tertiary/aromatic N) is 1. The summed E-state index contributed by atoms with van der Waals surface area (Å²) in [5, 5.41) is 3.53. The number of rotatable bonds is 11. The Morgan fingerprint density at radius 2 is 1.67 bits per heavy atom. The van der Waals surface area contributed by atoms with E-state index in [-0.39, 0.29) is 17.3 Å². The Balaban J connectivity index is 1.63. The lowest BCUT2D eigenvalue weighted by atomic mass is 10.2. The SMILES string of the molecule is COc1ccc(S(=O)(=O)N(CC(=O)NCCSCc2ccccc2Cl)c2ccccc2)cc1. The van der Waals surface area contributed by atoms with Gasteiger partial charge in [0.25, 0.3) is 10.0 Å². The standard InChI is InChI=1S/C24H25ClN2O4S2/c1-31-21-11-13-22(14-12-21)33(29,30)27(20-8-3-2-4-9-20)17-24(28)26-15-16-32-18-19-7-5-6-10-23(19)25/h2-14H,15-18H2,1H3,(H,26,28). The average molecular weight is 505 g/mol.